The first-order valence-corrected chi connectivity index (χ1v) is 5.93. The summed E-state index contributed by atoms with van der Waals surface area (Å²) in [4.78, 5) is 3.32. The largest absolute Gasteiger partial charge is 1.00 e. The molecule has 1 aromatic heterocycles. The van der Waals surface area contributed by atoms with Gasteiger partial charge >= 0.3 is 58.4 Å². The van der Waals surface area contributed by atoms with Gasteiger partial charge in [-0.25, -0.2) is 8.42 Å². The monoisotopic (exact) mass is 277 g/mol. The van der Waals surface area contributed by atoms with E-state index in [0.29, 0.717) is 0 Å². The zero-order valence-corrected chi connectivity index (χ0v) is 12.8. The Hall–Kier alpha value is 0.591. The minimum Gasteiger partial charge on any atom is -0.449 e. The van der Waals surface area contributed by atoms with Crippen molar-refractivity contribution >= 4 is 16.8 Å². The molecular formula is C7H8BF3KNO2S. The van der Waals surface area contributed by atoms with Gasteiger partial charge in [0.2, 0.25) is 0 Å². The Morgan fingerprint density at radius 2 is 1.94 bits per heavy atom. The second kappa shape index (κ2) is 5.96. The van der Waals surface area contributed by atoms with Crippen molar-refractivity contribution in [2.45, 2.75) is 11.2 Å². The molecule has 0 radical (unpaired) electrons. The fourth-order valence-corrected chi connectivity index (χ4v) is 1.69. The molecule has 0 spiro atoms. The Morgan fingerprint density at radius 3 is 2.38 bits per heavy atom. The van der Waals surface area contributed by atoms with Gasteiger partial charge in [-0.2, -0.15) is 0 Å². The van der Waals surface area contributed by atoms with Gasteiger partial charge in [0.1, 0.15) is 0 Å². The smallest absolute Gasteiger partial charge is 0.449 e. The number of halogens is 3. The third-order valence-corrected chi connectivity index (χ3v) is 2.77. The number of rotatable bonds is 3. The number of pyridine rings is 1. The standard InChI is InChI=1S/C7H8BF3NO2S.K/c1-15(13,14)7-2-3-12-6(4-7)5-8(9,10)11;/h2-4H,5H2,1H3;/q-1;+1. The fraction of sp³-hybridized carbons (Fsp3) is 0.286. The van der Waals surface area contributed by atoms with Crippen LogP contribution in [0.4, 0.5) is 12.9 Å². The van der Waals surface area contributed by atoms with Gasteiger partial charge in [0, 0.05) is 18.1 Å². The average Bonchev–Trinajstić information content (AvgIpc) is 1.99. The van der Waals surface area contributed by atoms with Crippen LogP contribution in [-0.4, -0.2) is 26.6 Å². The predicted octanol–water partition coefficient (Wildman–Crippen LogP) is -1.58. The van der Waals surface area contributed by atoms with Gasteiger partial charge in [-0.05, 0) is 18.5 Å². The molecule has 0 atom stereocenters. The molecule has 84 valence electrons. The Bertz CT molecular complexity index is 463. The second-order valence-corrected chi connectivity index (χ2v) is 5.19. The maximum atomic E-state index is 12.0. The average molecular weight is 277 g/mol. The summed E-state index contributed by atoms with van der Waals surface area (Å²) in [5, 5.41) is 0. The zero-order valence-electron chi connectivity index (χ0n) is 8.82. The van der Waals surface area contributed by atoms with Gasteiger partial charge in [0.05, 0.1) is 4.90 Å². The van der Waals surface area contributed by atoms with Crippen LogP contribution in [0, 0.1) is 0 Å². The van der Waals surface area contributed by atoms with E-state index < -0.39 is 23.1 Å². The van der Waals surface area contributed by atoms with Crippen molar-refractivity contribution in [2.24, 2.45) is 0 Å². The van der Waals surface area contributed by atoms with E-state index in [-0.39, 0.29) is 62.0 Å². The maximum absolute atomic E-state index is 12.0. The van der Waals surface area contributed by atoms with Crippen molar-refractivity contribution in [1.82, 2.24) is 4.98 Å². The topological polar surface area (TPSA) is 47.0 Å². The molecule has 3 nitrogen and oxygen atoms in total. The Morgan fingerprint density at radius 1 is 1.38 bits per heavy atom. The molecular weight excluding hydrogens is 269 g/mol. The van der Waals surface area contributed by atoms with Crippen LogP contribution in [0.1, 0.15) is 5.69 Å². The fourth-order valence-electron chi connectivity index (χ4n) is 1.04. The number of hydrogen-bond acceptors (Lipinski definition) is 3. The van der Waals surface area contributed by atoms with Crippen LogP contribution >= 0.6 is 0 Å². The summed E-state index contributed by atoms with van der Waals surface area (Å²) in [5.41, 5.74) is -0.273. The van der Waals surface area contributed by atoms with Gasteiger partial charge < -0.3 is 12.9 Å². The van der Waals surface area contributed by atoms with Crippen molar-refractivity contribution < 1.29 is 72.7 Å². The minimum absolute atomic E-state index is 0. The summed E-state index contributed by atoms with van der Waals surface area (Å²) in [5.74, 6) is 0. The van der Waals surface area contributed by atoms with Crippen LogP contribution in [0.15, 0.2) is 23.2 Å². The summed E-state index contributed by atoms with van der Waals surface area (Å²) in [7, 11) is -3.48. The molecule has 0 bridgehead atoms. The first kappa shape index (κ1) is 16.6. The molecule has 0 saturated heterocycles. The molecule has 0 aliphatic carbocycles. The van der Waals surface area contributed by atoms with Gasteiger partial charge in [-0.1, -0.05) is 0 Å². The molecule has 0 aliphatic rings. The van der Waals surface area contributed by atoms with Crippen LogP contribution < -0.4 is 51.4 Å². The number of nitrogens with zero attached hydrogens (tertiary/aromatic N) is 1. The molecule has 1 heterocycles. The quantitative estimate of drug-likeness (QED) is 0.626. The van der Waals surface area contributed by atoms with E-state index in [9.17, 15) is 21.4 Å². The van der Waals surface area contributed by atoms with Crippen LogP contribution in [0.3, 0.4) is 0 Å². The van der Waals surface area contributed by atoms with Crippen LogP contribution in [0.25, 0.3) is 0 Å². The van der Waals surface area contributed by atoms with E-state index in [1.165, 1.54) is 6.07 Å². The molecule has 1 aromatic rings. The van der Waals surface area contributed by atoms with Crippen molar-refractivity contribution in [2.75, 3.05) is 6.26 Å². The third kappa shape index (κ3) is 5.78. The van der Waals surface area contributed by atoms with E-state index in [4.69, 9.17) is 0 Å². The summed E-state index contributed by atoms with van der Waals surface area (Å²) >= 11 is 0. The number of aromatic nitrogens is 1. The molecule has 0 aromatic carbocycles. The number of sulfone groups is 1. The second-order valence-electron chi connectivity index (χ2n) is 3.17. The summed E-state index contributed by atoms with van der Waals surface area (Å²) in [6, 6.07) is 2.12. The van der Waals surface area contributed by atoms with Crippen molar-refractivity contribution in [3.05, 3.63) is 24.0 Å². The van der Waals surface area contributed by atoms with Crippen LogP contribution in [-0.2, 0) is 16.2 Å². The third-order valence-electron chi connectivity index (χ3n) is 1.66. The van der Waals surface area contributed by atoms with Gasteiger partial charge in [-0.15, -0.1) is 0 Å². The molecule has 9 heteroatoms. The summed E-state index contributed by atoms with van der Waals surface area (Å²) in [6.45, 7) is -4.99. The Kier molecular flexibility index (Phi) is 6.18. The van der Waals surface area contributed by atoms with Crippen molar-refractivity contribution in [3.8, 4) is 0 Å². The zero-order chi connectivity index (χ0) is 11.7. The number of hydrogen-bond donors (Lipinski definition) is 0. The minimum atomic E-state index is -4.99. The Balaban J connectivity index is 0.00000225. The molecule has 0 N–H and O–H groups in total. The van der Waals surface area contributed by atoms with E-state index >= 15 is 0 Å². The summed E-state index contributed by atoms with van der Waals surface area (Å²) < 4.78 is 58.2. The summed E-state index contributed by atoms with van der Waals surface area (Å²) in [6.07, 6.45) is 0.835. The first-order valence-electron chi connectivity index (χ1n) is 4.04. The molecule has 16 heavy (non-hydrogen) atoms. The van der Waals surface area contributed by atoms with Gasteiger partial charge in [-0.3, -0.25) is 4.98 Å². The van der Waals surface area contributed by atoms with Crippen LogP contribution in [0.2, 0.25) is 0 Å². The maximum Gasteiger partial charge on any atom is 1.00 e. The van der Waals surface area contributed by atoms with E-state index in [1.54, 1.807) is 0 Å². The van der Waals surface area contributed by atoms with Crippen molar-refractivity contribution in [3.63, 3.8) is 0 Å². The molecule has 1 rings (SSSR count). The van der Waals surface area contributed by atoms with E-state index in [1.807, 2.05) is 0 Å². The van der Waals surface area contributed by atoms with Gasteiger partial charge in [0.15, 0.2) is 9.84 Å². The first-order chi connectivity index (χ1) is 6.68. The molecule has 0 amide bonds. The molecule has 0 saturated carbocycles. The van der Waals surface area contributed by atoms with E-state index in [2.05, 4.69) is 4.98 Å². The predicted molar refractivity (Wildman–Crippen MR) is 50.1 cm³/mol. The molecule has 0 unspecified atom stereocenters. The Labute approximate surface area is 134 Å². The normalized spacial score (nSPS) is 12.0. The van der Waals surface area contributed by atoms with E-state index in [0.717, 1.165) is 18.5 Å². The van der Waals surface area contributed by atoms with Crippen LogP contribution in [0.5, 0.6) is 0 Å². The molecule has 0 aliphatic heterocycles. The van der Waals surface area contributed by atoms with Gasteiger partial charge in [0.25, 0.3) is 0 Å². The SMILES string of the molecule is CS(=O)(=O)c1ccnc(C[B-](F)(F)F)c1.[K+]. The van der Waals surface area contributed by atoms with Crippen molar-refractivity contribution in [1.29, 1.82) is 0 Å². The molecule has 0 fully saturated rings.